The highest BCUT2D eigenvalue weighted by molar-refractivity contribution is 6.14. The number of amides is 2. The Balaban J connectivity index is 2.81. The van der Waals surface area contributed by atoms with Crippen LogP contribution < -0.4 is 11.1 Å². The van der Waals surface area contributed by atoms with E-state index in [2.05, 4.69) is 0 Å². The second-order valence-electron chi connectivity index (χ2n) is 4.85. The molecule has 90 valence electrons. The number of carbonyl (C=O) groups excluding carboxylic acids is 3. The minimum absolute atomic E-state index is 0.0213. The number of carbonyl (C=O) groups is 3. The summed E-state index contributed by atoms with van der Waals surface area (Å²) in [7, 11) is 0. The van der Waals surface area contributed by atoms with Crippen molar-refractivity contribution in [2.75, 3.05) is 0 Å². The van der Waals surface area contributed by atoms with Gasteiger partial charge in [-0.05, 0) is 27.2 Å². The monoisotopic (exact) mass is 228 g/mol. The Labute approximate surface area is 93.5 Å². The number of ether oxygens (including phenoxy) is 1. The van der Waals surface area contributed by atoms with E-state index in [4.69, 9.17) is 10.5 Å². The summed E-state index contributed by atoms with van der Waals surface area (Å²) in [4.78, 5) is 34.2. The van der Waals surface area contributed by atoms with Crippen LogP contribution in [0.2, 0.25) is 0 Å². The van der Waals surface area contributed by atoms with E-state index in [1.807, 2.05) is 5.32 Å². The van der Waals surface area contributed by atoms with E-state index in [1.54, 1.807) is 20.8 Å². The van der Waals surface area contributed by atoms with Crippen molar-refractivity contribution in [1.82, 2.24) is 5.32 Å². The van der Waals surface area contributed by atoms with E-state index >= 15 is 0 Å². The fraction of sp³-hybridized carbons (Fsp3) is 0.700. The van der Waals surface area contributed by atoms with E-state index < -0.39 is 28.9 Å². The van der Waals surface area contributed by atoms with Gasteiger partial charge < -0.3 is 10.5 Å². The molecule has 1 saturated heterocycles. The third kappa shape index (κ3) is 2.57. The molecule has 0 aliphatic carbocycles. The molecule has 1 heterocycles. The van der Waals surface area contributed by atoms with Crippen molar-refractivity contribution >= 4 is 17.8 Å². The molecule has 1 unspecified atom stereocenters. The van der Waals surface area contributed by atoms with E-state index in [9.17, 15) is 14.4 Å². The third-order valence-corrected chi connectivity index (χ3v) is 2.17. The van der Waals surface area contributed by atoms with Gasteiger partial charge in [-0.1, -0.05) is 0 Å². The zero-order chi connectivity index (χ0) is 12.6. The van der Waals surface area contributed by atoms with Crippen LogP contribution in [-0.4, -0.2) is 28.9 Å². The molecule has 1 aliphatic rings. The zero-order valence-electron chi connectivity index (χ0n) is 9.62. The topological polar surface area (TPSA) is 98.5 Å². The maximum Gasteiger partial charge on any atom is 0.336 e. The SMILES string of the molecule is CC(C)(C)OC(=O)C1(N)CCC(=O)NC1=O. The van der Waals surface area contributed by atoms with Gasteiger partial charge in [0, 0.05) is 6.42 Å². The van der Waals surface area contributed by atoms with Crippen molar-refractivity contribution in [3.05, 3.63) is 0 Å². The van der Waals surface area contributed by atoms with Crippen LogP contribution in [0.15, 0.2) is 0 Å². The molecule has 16 heavy (non-hydrogen) atoms. The van der Waals surface area contributed by atoms with Crippen LogP contribution in [0.4, 0.5) is 0 Å². The molecule has 0 radical (unpaired) electrons. The molecule has 0 aromatic rings. The lowest BCUT2D eigenvalue weighted by atomic mass is 9.90. The summed E-state index contributed by atoms with van der Waals surface area (Å²) >= 11 is 0. The van der Waals surface area contributed by atoms with Crippen molar-refractivity contribution in [3.8, 4) is 0 Å². The van der Waals surface area contributed by atoms with Crippen LogP contribution in [0.3, 0.4) is 0 Å². The third-order valence-electron chi connectivity index (χ3n) is 2.17. The first kappa shape index (κ1) is 12.6. The lowest BCUT2D eigenvalue weighted by molar-refractivity contribution is -0.166. The Morgan fingerprint density at radius 3 is 2.44 bits per heavy atom. The molecule has 0 spiro atoms. The van der Waals surface area contributed by atoms with Gasteiger partial charge in [-0.2, -0.15) is 0 Å². The number of nitrogens with one attached hydrogen (secondary N) is 1. The molecular formula is C10H16N2O4. The smallest absolute Gasteiger partial charge is 0.336 e. The van der Waals surface area contributed by atoms with E-state index in [1.165, 1.54) is 0 Å². The van der Waals surface area contributed by atoms with Gasteiger partial charge in [0.05, 0.1) is 0 Å². The van der Waals surface area contributed by atoms with Crippen LogP contribution in [0, 0.1) is 0 Å². The maximum absolute atomic E-state index is 11.7. The summed E-state index contributed by atoms with van der Waals surface area (Å²) in [6.07, 6.45) is 0.0219. The highest BCUT2D eigenvalue weighted by Gasteiger charge is 2.48. The maximum atomic E-state index is 11.7. The lowest BCUT2D eigenvalue weighted by Gasteiger charge is -2.32. The van der Waals surface area contributed by atoms with E-state index in [-0.39, 0.29) is 12.8 Å². The summed E-state index contributed by atoms with van der Waals surface area (Å²) < 4.78 is 5.05. The molecule has 0 bridgehead atoms. The normalized spacial score (nSPS) is 26.2. The summed E-state index contributed by atoms with van der Waals surface area (Å²) in [6, 6.07) is 0. The Morgan fingerprint density at radius 2 is 2.00 bits per heavy atom. The molecule has 1 aliphatic heterocycles. The minimum Gasteiger partial charge on any atom is -0.458 e. The zero-order valence-corrected chi connectivity index (χ0v) is 9.62. The Kier molecular flexibility index (Phi) is 3.05. The number of rotatable bonds is 1. The van der Waals surface area contributed by atoms with Crippen LogP contribution in [-0.2, 0) is 19.1 Å². The quantitative estimate of drug-likeness (QED) is 0.357. The van der Waals surface area contributed by atoms with Crippen LogP contribution in [0.25, 0.3) is 0 Å². The standard InChI is InChI=1S/C10H16N2O4/c1-9(2,3)16-8(15)10(11)5-4-6(13)12-7(10)14/h4-5,11H2,1-3H3,(H,12,13,14). The molecule has 6 heteroatoms. The first-order valence-electron chi connectivity index (χ1n) is 5.02. The molecule has 0 saturated carbocycles. The number of piperidine rings is 1. The predicted molar refractivity (Wildman–Crippen MR) is 55.1 cm³/mol. The van der Waals surface area contributed by atoms with Crippen LogP contribution in [0.1, 0.15) is 33.6 Å². The molecule has 6 nitrogen and oxygen atoms in total. The van der Waals surface area contributed by atoms with Gasteiger partial charge in [0.25, 0.3) is 5.91 Å². The van der Waals surface area contributed by atoms with Crippen molar-refractivity contribution < 1.29 is 19.1 Å². The van der Waals surface area contributed by atoms with Gasteiger partial charge in [0.15, 0.2) is 5.54 Å². The average molecular weight is 228 g/mol. The number of imide groups is 1. The van der Waals surface area contributed by atoms with Crippen molar-refractivity contribution in [2.24, 2.45) is 5.73 Å². The van der Waals surface area contributed by atoms with Gasteiger partial charge in [-0.25, -0.2) is 4.79 Å². The van der Waals surface area contributed by atoms with Gasteiger partial charge in [-0.3, -0.25) is 14.9 Å². The highest BCUT2D eigenvalue weighted by atomic mass is 16.6. The second kappa shape index (κ2) is 3.86. The van der Waals surface area contributed by atoms with E-state index in [0.29, 0.717) is 0 Å². The van der Waals surface area contributed by atoms with Gasteiger partial charge in [0.1, 0.15) is 5.60 Å². The number of nitrogens with two attached hydrogens (primary N) is 1. The van der Waals surface area contributed by atoms with Crippen molar-refractivity contribution in [3.63, 3.8) is 0 Å². The fourth-order valence-corrected chi connectivity index (χ4v) is 1.29. The first-order valence-corrected chi connectivity index (χ1v) is 5.02. The minimum atomic E-state index is -1.75. The summed E-state index contributed by atoms with van der Waals surface area (Å²) in [5.74, 6) is -2.02. The second-order valence-corrected chi connectivity index (χ2v) is 4.85. The Morgan fingerprint density at radius 1 is 1.44 bits per heavy atom. The summed E-state index contributed by atoms with van der Waals surface area (Å²) in [6.45, 7) is 5.04. The molecule has 0 aromatic heterocycles. The van der Waals surface area contributed by atoms with Crippen molar-refractivity contribution in [1.29, 1.82) is 0 Å². The van der Waals surface area contributed by atoms with E-state index in [0.717, 1.165) is 0 Å². The van der Waals surface area contributed by atoms with Gasteiger partial charge in [-0.15, -0.1) is 0 Å². The Bertz CT molecular complexity index is 345. The molecule has 0 aromatic carbocycles. The summed E-state index contributed by atoms with van der Waals surface area (Å²) in [5, 5.41) is 2.03. The van der Waals surface area contributed by atoms with Crippen molar-refractivity contribution in [2.45, 2.75) is 44.8 Å². The summed E-state index contributed by atoms with van der Waals surface area (Å²) in [5.41, 5.74) is 3.21. The number of esters is 1. The number of hydrogen-bond acceptors (Lipinski definition) is 5. The predicted octanol–water partition coefficient (Wildman–Crippen LogP) is -0.538. The first-order chi connectivity index (χ1) is 7.15. The molecule has 2 amide bonds. The number of hydrogen-bond donors (Lipinski definition) is 2. The fourth-order valence-electron chi connectivity index (χ4n) is 1.29. The van der Waals surface area contributed by atoms with Crippen LogP contribution >= 0.6 is 0 Å². The largest absolute Gasteiger partial charge is 0.458 e. The van der Waals surface area contributed by atoms with Gasteiger partial charge >= 0.3 is 5.97 Å². The molecule has 1 fully saturated rings. The molecule has 1 rings (SSSR count). The molecule has 1 atom stereocenters. The lowest BCUT2D eigenvalue weighted by Crippen LogP contribution is -2.65. The highest BCUT2D eigenvalue weighted by Crippen LogP contribution is 2.20. The molecular weight excluding hydrogens is 212 g/mol. The molecule has 3 N–H and O–H groups in total. The average Bonchev–Trinajstić information content (AvgIpc) is 2.09. The van der Waals surface area contributed by atoms with Crippen LogP contribution in [0.5, 0.6) is 0 Å². The van der Waals surface area contributed by atoms with Gasteiger partial charge in [0.2, 0.25) is 5.91 Å². The Hall–Kier alpha value is -1.43.